The summed E-state index contributed by atoms with van der Waals surface area (Å²) in [4.78, 5) is 0. The van der Waals surface area contributed by atoms with Crippen LogP contribution in [0.15, 0.2) is 23.3 Å². The van der Waals surface area contributed by atoms with Crippen molar-refractivity contribution in [1.82, 2.24) is 0 Å². The number of rotatable bonds is 3. The number of amidine groups is 1. The van der Waals surface area contributed by atoms with Crippen LogP contribution >= 0.6 is 0 Å². The summed E-state index contributed by atoms with van der Waals surface area (Å²) in [5.74, 6) is -2.14. The third kappa shape index (κ3) is 3.51. The summed E-state index contributed by atoms with van der Waals surface area (Å²) in [6.07, 6.45) is -4.71. The summed E-state index contributed by atoms with van der Waals surface area (Å²) in [7, 11) is 1.52. The highest BCUT2D eigenvalue weighted by molar-refractivity contribution is 5.86. The molecule has 0 unspecified atom stereocenters. The molecule has 0 aliphatic heterocycles. The van der Waals surface area contributed by atoms with Crippen molar-refractivity contribution in [3.63, 3.8) is 0 Å². The molecule has 1 aromatic carbocycles. The molecule has 1 aromatic rings. The highest BCUT2D eigenvalue weighted by Crippen LogP contribution is 2.19. The number of hydrazone groups is 1. The topological polar surface area (TPSA) is 62.4 Å². The van der Waals surface area contributed by atoms with Gasteiger partial charge in [-0.3, -0.25) is 5.43 Å². The predicted molar refractivity (Wildman–Crippen MR) is 57.2 cm³/mol. The average molecular weight is 250 g/mol. The zero-order valence-corrected chi connectivity index (χ0v) is 8.77. The van der Waals surface area contributed by atoms with Crippen LogP contribution in [0.4, 0.5) is 28.9 Å². The molecule has 0 atom stereocenters. The van der Waals surface area contributed by atoms with Crippen LogP contribution in [0.3, 0.4) is 0 Å². The molecule has 0 saturated heterocycles. The summed E-state index contributed by atoms with van der Waals surface area (Å²) in [6, 6.07) is 3.72. The number of hydrogen-bond acceptors (Lipinski definition) is 3. The minimum absolute atomic E-state index is 0.0636. The lowest BCUT2D eigenvalue weighted by molar-refractivity contribution is -0.0599. The van der Waals surface area contributed by atoms with Crippen LogP contribution in [-0.2, 0) is 0 Å². The quantitative estimate of drug-likeness (QED) is 0.333. The fourth-order valence-corrected chi connectivity index (χ4v) is 0.976. The molecule has 0 bridgehead atoms. The Morgan fingerprint density at radius 3 is 2.47 bits per heavy atom. The lowest BCUT2D eigenvalue weighted by atomic mass is 10.3. The number of halogens is 4. The molecule has 0 spiro atoms. The van der Waals surface area contributed by atoms with Crippen LogP contribution in [0.5, 0.6) is 0 Å². The smallest absolute Gasteiger partial charge is 0.386 e. The van der Waals surface area contributed by atoms with Gasteiger partial charge in [0.1, 0.15) is 5.82 Å². The zero-order chi connectivity index (χ0) is 13.1. The fraction of sp³-hybridized carbons (Fsp3) is 0.222. The second-order valence-electron chi connectivity index (χ2n) is 3.05. The van der Waals surface area contributed by atoms with Gasteiger partial charge in [0, 0.05) is 13.1 Å². The van der Waals surface area contributed by atoms with Gasteiger partial charge in [-0.1, -0.05) is 0 Å². The number of nitrogens with one attached hydrogen (secondary N) is 2. The molecule has 8 heteroatoms. The Labute approximate surface area is 94.5 Å². The maximum absolute atomic E-state index is 13.2. The molecule has 0 heterocycles. The highest BCUT2D eigenvalue weighted by atomic mass is 19.4. The van der Waals surface area contributed by atoms with E-state index in [-0.39, 0.29) is 11.4 Å². The van der Waals surface area contributed by atoms with E-state index in [4.69, 9.17) is 0 Å². The number of anilines is 2. The normalized spacial score (nSPS) is 12.4. The van der Waals surface area contributed by atoms with Crippen molar-refractivity contribution in [3.8, 4) is 0 Å². The van der Waals surface area contributed by atoms with Gasteiger partial charge in [0.05, 0.1) is 11.4 Å². The maximum atomic E-state index is 13.2. The molecule has 0 fully saturated rings. The molecule has 0 aliphatic rings. The average Bonchev–Trinajstić information content (AvgIpc) is 2.24. The SMILES string of the molecule is CNc1ccc(NN=C(N)C(F)(F)F)cc1F. The predicted octanol–water partition coefficient (Wildman–Crippen LogP) is 2.11. The fourth-order valence-electron chi connectivity index (χ4n) is 0.976. The summed E-state index contributed by atoms with van der Waals surface area (Å²) < 4.78 is 49.1. The van der Waals surface area contributed by atoms with Crippen molar-refractivity contribution < 1.29 is 17.6 Å². The minimum Gasteiger partial charge on any atom is -0.386 e. The first-order valence-corrected chi connectivity index (χ1v) is 4.48. The summed E-state index contributed by atoms with van der Waals surface area (Å²) in [5, 5.41) is 5.46. The Morgan fingerprint density at radius 2 is 2.00 bits per heavy atom. The largest absolute Gasteiger partial charge is 0.450 e. The van der Waals surface area contributed by atoms with Crippen LogP contribution in [0, 0.1) is 5.82 Å². The number of benzene rings is 1. The van der Waals surface area contributed by atoms with Crippen molar-refractivity contribution in [1.29, 1.82) is 0 Å². The Balaban J connectivity index is 2.80. The van der Waals surface area contributed by atoms with Crippen molar-refractivity contribution in [2.75, 3.05) is 17.8 Å². The molecule has 4 N–H and O–H groups in total. The van der Waals surface area contributed by atoms with Gasteiger partial charge in [-0.15, -0.1) is 0 Å². The van der Waals surface area contributed by atoms with Crippen LogP contribution < -0.4 is 16.5 Å². The van der Waals surface area contributed by atoms with Crippen LogP contribution in [0.1, 0.15) is 0 Å². The minimum atomic E-state index is -4.71. The van der Waals surface area contributed by atoms with Crippen molar-refractivity contribution >= 4 is 17.2 Å². The van der Waals surface area contributed by atoms with E-state index in [0.29, 0.717) is 0 Å². The number of alkyl halides is 3. The van der Waals surface area contributed by atoms with Gasteiger partial charge in [0.25, 0.3) is 0 Å². The van der Waals surface area contributed by atoms with E-state index < -0.39 is 17.8 Å². The van der Waals surface area contributed by atoms with Gasteiger partial charge < -0.3 is 11.1 Å². The van der Waals surface area contributed by atoms with E-state index >= 15 is 0 Å². The molecule has 0 radical (unpaired) electrons. The zero-order valence-electron chi connectivity index (χ0n) is 8.77. The third-order valence-corrected chi connectivity index (χ3v) is 1.83. The second kappa shape index (κ2) is 4.89. The summed E-state index contributed by atoms with van der Waals surface area (Å²) in [5.41, 5.74) is 6.96. The Bertz CT molecular complexity index is 427. The first-order valence-electron chi connectivity index (χ1n) is 4.48. The van der Waals surface area contributed by atoms with Crippen molar-refractivity contribution in [2.24, 2.45) is 10.8 Å². The van der Waals surface area contributed by atoms with Crippen LogP contribution in [0.25, 0.3) is 0 Å². The molecule has 0 aromatic heterocycles. The lowest BCUT2D eigenvalue weighted by Gasteiger charge is -2.07. The van der Waals surface area contributed by atoms with E-state index in [0.717, 1.165) is 6.07 Å². The van der Waals surface area contributed by atoms with Gasteiger partial charge in [-0.25, -0.2) is 4.39 Å². The van der Waals surface area contributed by atoms with Crippen molar-refractivity contribution in [2.45, 2.75) is 6.18 Å². The van der Waals surface area contributed by atoms with E-state index in [2.05, 4.69) is 16.2 Å². The standard InChI is InChI=1S/C9H10F4N4/c1-15-7-3-2-5(4-6(7)10)16-17-8(14)9(11,12)13/h2-4,15-16H,1H3,(H2,14,17). The van der Waals surface area contributed by atoms with Crippen LogP contribution in [0.2, 0.25) is 0 Å². The number of hydrogen-bond donors (Lipinski definition) is 3. The molecule has 17 heavy (non-hydrogen) atoms. The highest BCUT2D eigenvalue weighted by Gasteiger charge is 2.33. The van der Waals surface area contributed by atoms with Crippen LogP contribution in [-0.4, -0.2) is 19.1 Å². The van der Waals surface area contributed by atoms with Gasteiger partial charge in [-0.05, 0) is 12.1 Å². The summed E-state index contributed by atoms with van der Waals surface area (Å²) in [6.45, 7) is 0. The van der Waals surface area contributed by atoms with E-state index in [1.54, 1.807) is 0 Å². The molecule has 0 amide bonds. The van der Waals surface area contributed by atoms with Gasteiger partial charge >= 0.3 is 6.18 Å². The molecular weight excluding hydrogens is 240 g/mol. The van der Waals surface area contributed by atoms with E-state index in [9.17, 15) is 17.6 Å². The first kappa shape index (κ1) is 13.1. The molecule has 1 rings (SSSR count). The molecule has 94 valence electrons. The van der Waals surface area contributed by atoms with E-state index in [1.165, 1.54) is 19.2 Å². The van der Waals surface area contributed by atoms with Gasteiger partial charge in [-0.2, -0.15) is 18.3 Å². The summed E-state index contributed by atoms with van der Waals surface area (Å²) >= 11 is 0. The Morgan fingerprint density at radius 1 is 1.35 bits per heavy atom. The number of nitrogens with zero attached hydrogens (tertiary/aromatic N) is 1. The second-order valence-corrected chi connectivity index (χ2v) is 3.05. The maximum Gasteiger partial charge on any atom is 0.450 e. The molecule has 4 nitrogen and oxygen atoms in total. The van der Waals surface area contributed by atoms with E-state index in [1.807, 2.05) is 5.43 Å². The van der Waals surface area contributed by atoms with Crippen molar-refractivity contribution in [3.05, 3.63) is 24.0 Å². The molecule has 0 aliphatic carbocycles. The first-order chi connectivity index (χ1) is 7.84. The molecule has 0 saturated carbocycles. The Hall–Kier alpha value is -1.99. The molecular formula is C9H10F4N4. The third-order valence-electron chi connectivity index (χ3n) is 1.83. The Kier molecular flexibility index (Phi) is 3.77. The van der Waals surface area contributed by atoms with Gasteiger partial charge in [0.2, 0.25) is 5.84 Å². The monoisotopic (exact) mass is 250 g/mol. The van der Waals surface area contributed by atoms with Gasteiger partial charge in [0.15, 0.2) is 0 Å². The lowest BCUT2D eigenvalue weighted by Crippen LogP contribution is -2.32. The number of nitrogens with two attached hydrogens (primary N) is 1.